The van der Waals surface area contributed by atoms with Crippen molar-refractivity contribution in [1.29, 1.82) is 5.26 Å². The Morgan fingerprint density at radius 3 is 2.69 bits per heavy atom. The van der Waals surface area contributed by atoms with Crippen LogP contribution in [-0.2, 0) is 17.5 Å². The van der Waals surface area contributed by atoms with Crippen LogP contribution in [0.25, 0.3) is 0 Å². The number of nitrogens with one attached hydrogen (secondary N) is 1. The number of nitro groups is 1. The number of nitro benzene ring substituents is 1. The van der Waals surface area contributed by atoms with Gasteiger partial charge in [0.2, 0.25) is 5.91 Å². The molecule has 8 nitrogen and oxygen atoms in total. The summed E-state index contributed by atoms with van der Waals surface area (Å²) in [5.41, 5.74) is -0.831. The Hall–Kier alpha value is -3.42. The number of alkyl halides is 3. The van der Waals surface area contributed by atoms with E-state index in [1.165, 1.54) is 17.7 Å². The number of anilines is 1. The minimum absolute atomic E-state index is 0.00808. The first-order valence-electron chi connectivity index (χ1n) is 8.74. The molecule has 152 valence electrons. The van der Waals surface area contributed by atoms with Gasteiger partial charge in [0.15, 0.2) is 5.69 Å². The number of carbonyl (C=O) groups is 1. The lowest BCUT2D eigenvalue weighted by molar-refractivity contribution is -0.384. The molecule has 29 heavy (non-hydrogen) atoms. The van der Waals surface area contributed by atoms with E-state index in [4.69, 9.17) is 5.26 Å². The van der Waals surface area contributed by atoms with Crippen molar-refractivity contribution in [2.75, 3.05) is 5.32 Å². The molecule has 2 aromatic rings. The summed E-state index contributed by atoms with van der Waals surface area (Å²) < 4.78 is 40.2. The second-order valence-corrected chi connectivity index (χ2v) is 6.90. The molecule has 0 saturated heterocycles. The molecule has 1 aromatic carbocycles. The minimum atomic E-state index is -4.57. The van der Waals surface area contributed by atoms with E-state index in [9.17, 15) is 28.1 Å². The van der Waals surface area contributed by atoms with E-state index in [0.717, 1.165) is 31.0 Å². The highest BCUT2D eigenvalue weighted by Gasteiger charge is 2.38. The van der Waals surface area contributed by atoms with Crippen LogP contribution in [0, 0.1) is 27.4 Å². The molecule has 1 unspecified atom stereocenters. The maximum atomic E-state index is 13.0. The van der Waals surface area contributed by atoms with Gasteiger partial charge < -0.3 is 5.32 Å². The van der Waals surface area contributed by atoms with Crippen LogP contribution in [0.15, 0.2) is 24.3 Å². The maximum absolute atomic E-state index is 13.0. The number of halogens is 3. The van der Waals surface area contributed by atoms with E-state index in [-0.39, 0.29) is 29.4 Å². The van der Waals surface area contributed by atoms with Crippen molar-refractivity contribution < 1.29 is 22.9 Å². The SMILES string of the molecule is CC(Cn1nc(C(F)(F)F)cc1C1CC1)C(=O)Nc1ccc([N+](=O)[O-])cc1C#N. The van der Waals surface area contributed by atoms with Crippen LogP contribution in [0.1, 0.15) is 42.6 Å². The molecule has 1 amide bonds. The minimum Gasteiger partial charge on any atom is -0.325 e. The first kappa shape index (κ1) is 20.3. The topological polar surface area (TPSA) is 114 Å². The van der Waals surface area contributed by atoms with Crippen LogP contribution in [0.4, 0.5) is 24.5 Å². The van der Waals surface area contributed by atoms with E-state index < -0.39 is 28.6 Å². The molecule has 0 radical (unpaired) electrons. The fraction of sp³-hybridized carbons (Fsp3) is 0.389. The van der Waals surface area contributed by atoms with Gasteiger partial charge in [-0.2, -0.15) is 23.5 Å². The summed E-state index contributed by atoms with van der Waals surface area (Å²) in [7, 11) is 0. The lowest BCUT2D eigenvalue weighted by atomic mass is 10.1. The second-order valence-electron chi connectivity index (χ2n) is 6.90. The Kier molecular flexibility index (Phi) is 5.28. The summed E-state index contributed by atoms with van der Waals surface area (Å²) in [5.74, 6) is -1.29. The Morgan fingerprint density at radius 1 is 1.45 bits per heavy atom. The Morgan fingerprint density at radius 2 is 2.14 bits per heavy atom. The first-order valence-corrected chi connectivity index (χ1v) is 8.74. The third-order valence-electron chi connectivity index (χ3n) is 4.58. The molecule has 1 heterocycles. The molecule has 0 spiro atoms. The zero-order chi connectivity index (χ0) is 21.3. The van der Waals surface area contributed by atoms with Crippen molar-refractivity contribution in [2.45, 2.75) is 38.4 Å². The lowest BCUT2D eigenvalue weighted by Crippen LogP contribution is -2.26. The standard InChI is InChI=1S/C18H16F3N5O3/c1-10(9-25-15(11-2-3-11)7-16(24-25)18(19,20)21)17(27)23-14-5-4-13(26(28)29)6-12(14)8-22/h4-7,10-11H,2-3,9H2,1H3,(H,23,27). The van der Waals surface area contributed by atoms with Gasteiger partial charge in [0, 0.05) is 23.7 Å². The molecule has 3 rings (SSSR count). The summed E-state index contributed by atoms with van der Waals surface area (Å²) in [6.45, 7) is 1.46. The van der Waals surface area contributed by atoms with E-state index in [2.05, 4.69) is 10.4 Å². The molecule has 1 saturated carbocycles. The number of benzene rings is 1. The van der Waals surface area contributed by atoms with Crippen molar-refractivity contribution in [3.05, 3.63) is 51.3 Å². The maximum Gasteiger partial charge on any atom is 0.435 e. The fourth-order valence-electron chi connectivity index (χ4n) is 2.87. The number of carbonyl (C=O) groups excluding carboxylic acids is 1. The van der Waals surface area contributed by atoms with Gasteiger partial charge in [0.25, 0.3) is 5.69 Å². The van der Waals surface area contributed by atoms with Gasteiger partial charge in [0.1, 0.15) is 6.07 Å². The molecular weight excluding hydrogens is 391 g/mol. The van der Waals surface area contributed by atoms with Gasteiger partial charge in [-0.15, -0.1) is 0 Å². The Balaban J connectivity index is 1.76. The highest BCUT2D eigenvalue weighted by molar-refractivity contribution is 5.93. The average Bonchev–Trinajstić information content (AvgIpc) is 3.40. The molecular formula is C18H16F3N5O3. The summed E-state index contributed by atoms with van der Waals surface area (Å²) in [5, 5.41) is 26.1. The van der Waals surface area contributed by atoms with Crippen LogP contribution < -0.4 is 5.32 Å². The van der Waals surface area contributed by atoms with Gasteiger partial charge in [-0.3, -0.25) is 19.6 Å². The van der Waals surface area contributed by atoms with Crippen LogP contribution in [0.3, 0.4) is 0 Å². The van der Waals surface area contributed by atoms with Gasteiger partial charge in [-0.05, 0) is 25.0 Å². The van der Waals surface area contributed by atoms with E-state index in [1.54, 1.807) is 6.07 Å². The van der Waals surface area contributed by atoms with Crippen molar-refractivity contribution in [1.82, 2.24) is 9.78 Å². The largest absolute Gasteiger partial charge is 0.435 e. The van der Waals surface area contributed by atoms with E-state index in [0.29, 0.717) is 5.69 Å². The normalized spacial score (nSPS) is 14.9. The van der Waals surface area contributed by atoms with Gasteiger partial charge in [0.05, 0.1) is 28.6 Å². The smallest absolute Gasteiger partial charge is 0.325 e. The number of rotatable bonds is 6. The van der Waals surface area contributed by atoms with Crippen LogP contribution in [-0.4, -0.2) is 20.6 Å². The average molecular weight is 407 g/mol. The summed E-state index contributed by atoms with van der Waals surface area (Å²) >= 11 is 0. The predicted octanol–water partition coefficient (Wildman–Crippen LogP) is 3.83. The van der Waals surface area contributed by atoms with Crippen LogP contribution >= 0.6 is 0 Å². The lowest BCUT2D eigenvalue weighted by Gasteiger charge is -2.15. The van der Waals surface area contributed by atoms with Crippen molar-refractivity contribution in [3.8, 4) is 6.07 Å². The quantitative estimate of drug-likeness (QED) is 0.577. The van der Waals surface area contributed by atoms with Gasteiger partial charge in [-0.25, -0.2) is 0 Å². The van der Waals surface area contributed by atoms with Crippen molar-refractivity contribution in [2.24, 2.45) is 5.92 Å². The molecule has 1 atom stereocenters. The molecule has 1 N–H and O–H groups in total. The zero-order valence-corrected chi connectivity index (χ0v) is 15.2. The molecule has 0 bridgehead atoms. The van der Waals surface area contributed by atoms with E-state index in [1.807, 2.05) is 0 Å². The summed E-state index contributed by atoms with van der Waals surface area (Å²) in [6.07, 6.45) is -3.02. The highest BCUT2D eigenvalue weighted by Crippen LogP contribution is 2.42. The van der Waals surface area contributed by atoms with Crippen LogP contribution in [0.5, 0.6) is 0 Å². The molecule has 0 aliphatic heterocycles. The number of nitriles is 1. The zero-order valence-electron chi connectivity index (χ0n) is 15.2. The fourth-order valence-corrected chi connectivity index (χ4v) is 2.87. The Labute approximate surface area is 163 Å². The number of non-ortho nitro benzene ring substituents is 1. The van der Waals surface area contributed by atoms with Crippen molar-refractivity contribution >= 4 is 17.3 Å². The van der Waals surface area contributed by atoms with E-state index >= 15 is 0 Å². The van der Waals surface area contributed by atoms with Crippen LogP contribution in [0.2, 0.25) is 0 Å². The molecule has 11 heteroatoms. The third-order valence-corrected chi connectivity index (χ3v) is 4.58. The Bertz CT molecular complexity index is 1010. The summed E-state index contributed by atoms with van der Waals surface area (Å²) in [4.78, 5) is 22.6. The first-order chi connectivity index (χ1) is 13.6. The van der Waals surface area contributed by atoms with Gasteiger partial charge >= 0.3 is 6.18 Å². The second kappa shape index (κ2) is 7.54. The molecule has 1 aliphatic carbocycles. The number of hydrogen-bond donors (Lipinski definition) is 1. The summed E-state index contributed by atoms with van der Waals surface area (Å²) in [6, 6.07) is 6.22. The van der Waals surface area contributed by atoms with Gasteiger partial charge in [-0.1, -0.05) is 6.92 Å². The molecule has 1 aliphatic rings. The number of aromatic nitrogens is 2. The predicted molar refractivity (Wildman–Crippen MR) is 94.8 cm³/mol. The monoisotopic (exact) mass is 407 g/mol. The molecule has 1 fully saturated rings. The third kappa shape index (κ3) is 4.53. The van der Waals surface area contributed by atoms with Crippen molar-refractivity contribution in [3.63, 3.8) is 0 Å². The molecule has 1 aromatic heterocycles. The highest BCUT2D eigenvalue weighted by atomic mass is 19.4. The number of amides is 1. The number of hydrogen-bond acceptors (Lipinski definition) is 5. The number of nitrogens with zero attached hydrogens (tertiary/aromatic N) is 4.